The summed E-state index contributed by atoms with van der Waals surface area (Å²) in [5.41, 5.74) is 1.02. The second-order valence-electron chi connectivity index (χ2n) is 4.02. The topological polar surface area (TPSA) is 35.5 Å². The monoisotopic (exact) mass is 251 g/mol. The molecule has 4 heteroatoms. The Labute approximate surface area is 104 Å². The Balaban J connectivity index is 2.07. The fraction of sp³-hybridized carbons (Fsp3) is 0.308. The Kier molecular flexibility index (Phi) is 3.74. The molecule has 0 saturated heterocycles. The van der Waals surface area contributed by atoms with Gasteiger partial charge in [0.05, 0.1) is 12.5 Å². The van der Waals surface area contributed by atoms with Gasteiger partial charge >= 0.3 is 5.97 Å². The van der Waals surface area contributed by atoms with E-state index in [4.69, 9.17) is 9.47 Å². The first-order chi connectivity index (χ1) is 8.15. The van der Waals surface area contributed by atoms with Gasteiger partial charge in [-0.05, 0) is 29.1 Å². The third kappa shape index (κ3) is 3.27. The molecule has 0 amide bonds. The minimum absolute atomic E-state index is 0.0618. The van der Waals surface area contributed by atoms with Crippen molar-refractivity contribution in [3.05, 3.63) is 29.8 Å². The summed E-state index contributed by atoms with van der Waals surface area (Å²) in [6, 6.07) is 5.45. The Morgan fingerprint density at radius 2 is 2.29 bits per heavy atom. The van der Waals surface area contributed by atoms with Gasteiger partial charge in [-0.2, -0.15) is 0 Å². The highest BCUT2D eigenvalue weighted by molar-refractivity contribution is 7.96. The molecule has 0 bridgehead atoms. The summed E-state index contributed by atoms with van der Waals surface area (Å²) < 4.78 is 10.7. The first-order valence-electron chi connectivity index (χ1n) is 5.33. The minimum Gasteiger partial charge on any atom is -0.489 e. The average molecular weight is 251 g/mol. The van der Waals surface area contributed by atoms with E-state index in [-0.39, 0.29) is 16.9 Å². The molecule has 17 heavy (non-hydrogen) atoms. The van der Waals surface area contributed by atoms with Crippen molar-refractivity contribution < 1.29 is 14.3 Å². The van der Waals surface area contributed by atoms with Crippen LogP contribution in [-0.4, -0.2) is 30.8 Å². The van der Waals surface area contributed by atoms with Crippen molar-refractivity contribution in [2.75, 3.05) is 24.9 Å². The fourth-order valence-electron chi connectivity index (χ4n) is 1.55. The van der Waals surface area contributed by atoms with Crippen LogP contribution in [0.4, 0.5) is 0 Å². The number of hydrogen-bond donors (Lipinski definition) is 0. The Morgan fingerprint density at radius 3 is 3.06 bits per heavy atom. The lowest BCUT2D eigenvalue weighted by Gasteiger charge is -2.13. The van der Waals surface area contributed by atoms with E-state index in [1.54, 1.807) is 12.1 Å². The van der Waals surface area contributed by atoms with Gasteiger partial charge in [-0.15, -0.1) is 0 Å². The number of rotatable bonds is 3. The number of esters is 1. The number of fused-ring (bicyclic) bond motifs is 1. The molecule has 2 rings (SSSR count). The van der Waals surface area contributed by atoms with Crippen molar-refractivity contribution >= 4 is 22.9 Å². The van der Waals surface area contributed by atoms with Gasteiger partial charge in [0, 0.05) is 11.6 Å². The number of carbonyl (C=O) groups excluding carboxylic acids is 1. The van der Waals surface area contributed by atoms with Gasteiger partial charge in [-0.3, -0.25) is 0 Å². The Hall–Kier alpha value is -1.42. The van der Waals surface area contributed by atoms with Crippen LogP contribution in [0.15, 0.2) is 24.3 Å². The second kappa shape index (κ2) is 5.27. The van der Waals surface area contributed by atoms with Crippen molar-refractivity contribution in [1.82, 2.24) is 0 Å². The lowest BCUT2D eigenvalue weighted by Crippen LogP contribution is -2.19. The van der Waals surface area contributed by atoms with Crippen molar-refractivity contribution in [3.8, 4) is 11.5 Å². The first-order valence-corrected chi connectivity index (χ1v) is 7.54. The van der Waals surface area contributed by atoms with Crippen molar-refractivity contribution in [1.29, 1.82) is 0 Å². The molecule has 0 radical (unpaired) electrons. The summed E-state index contributed by atoms with van der Waals surface area (Å²) in [5.74, 6) is 1.58. The molecule has 0 aromatic heterocycles. The summed E-state index contributed by atoms with van der Waals surface area (Å²) in [4.78, 5) is 11.5. The SMILES string of the molecule is C[S+](C)CC(=O)Oc1ccc2c(c1)OCC=C2. The summed E-state index contributed by atoms with van der Waals surface area (Å²) >= 11 is 0. The maximum absolute atomic E-state index is 11.5. The Bertz CT molecular complexity index is 452. The van der Waals surface area contributed by atoms with Gasteiger partial charge in [0.1, 0.15) is 18.1 Å². The summed E-state index contributed by atoms with van der Waals surface area (Å²) in [6.45, 7) is 0.567. The van der Waals surface area contributed by atoms with E-state index >= 15 is 0 Å². The second-order valence-corrected chi connectivity index (χ2v) is 6.28. The maximum Gasteiger partial charge on any atom is 0.361 e. The van der Waals surface area contributed by atoms with Crippen molar-refractivity contribution in [3.63, 3.8) is 0 Å². The van der Waals surface area contributed by atoms with E-state index in [0.717, 1.165) is 11.3 Å². The summed E-state index contributed by atoms with van der Waals surface area (Å²) in [5, 5.41) is 0. The zero-order valence-electron chi connectivity index (χ0n) is 9.93. The third-order valence-electron chi connectivity index (χ3n) is 2.26. The van der Waals surface area contributed by atoms with Gasteiger partial charge < -0.3 is 9.47 Å². The predicted molar refractivity (Wildman–Crippen MR) is 70.7 cm³/mol. The molecule has 0 N–H and O–H groups in total. The predicted octanol–water partition coefficient (Wildman–Crippen LogP) is 1.88. The molecule has 90 valence electrons. The van der Waals surface area contributed by atoms with Gasteiger partial charge in [0.25, 0.3) is 0 Å². The Morgan fingerprint density at radius 1 is 1.47 bits per heavy atom. The lowest BCUT2D eigenvalue weighted by atomic mass is 10.1. The molecule has 0 unspecified atom stereocenters. The molecule has 1 aromatic rings. The first kappa shape index (κ1) is 12.0. The quantitative estimate of drug-likeness (QED) is 0.467. The summed E-state index contributed by atoms with van der Waals surface area (Å²) in [7, 11) is 0.0618. The van der Waals surface area contributed by atoms with E-state index in [9.17, 15) is 4.79 Å². The molecule has 1 aromatic carbocycles. The van der Waals surface area contributed by atoms with Gasteiger partial charge in [-0.1, -0.05) is 6.08 Å². The average Bonchev–Trinajstić information content (AvgIpc) is 2.27. The van der Waals surface area contributed by atoms with Crippen LogP contribution >= 0.6 is 0 Å². The van der Waals surface area contributed by atoms with Crippen LogP contribution in [0, 0.1) is 0 Å². The smallest absolute Gasteiger partial charge is 0.361 e. The van der Waals surface area contributed by atoms with Crippen molar-refractivity contribution in [2.45, 2.75) is 0 Å². The van der Waals surface area contributed by atoms with Crippen LogP contribution in [0.25, 0.3) is 6.08 Å². The van der Waals surface area contributed by atoms with Crippen LogP contribution in [-0.2, 0) is 15.7 Å². The number of benzene rings is 1. The van der Waals surface area contributed by atoms with Crippen molar-refractivity contribution in [2.24, 2.45) is 0 Å². The number of carbonyl (C=O) groups is 1. The van der Waals surface area contributed by atoms with E-state index in [0.29, 0.717) is 18.1 Å². The molecule has 0 aliphatic carbocycles. The molecule has 0 atom stereocenters. The molecular weight excluding hydrogens is 236 g/mol. The van der Waals surface area contributed by atoms with E-state index in [1.165, 1.54) is 0 Å². The fourth-order valence-corrected chi connectivity index (χ4v) is 2.08. The standard InChI is InChI=1S/C13H15O3S/c1-17(2)9-13(14)16-11-6-5-10-4-3-7-15-12(10)8-11/h3-6,8H,7,9H2,1-2H3/q+1. The van der Waals surface area contributed by atoms with E-state index in [1.807, 2.05) is 30.7 Å². The van der Waals surface area contributed by atoms with Crippen LogP contribution in [0.1, 0.15) is 5.56 Å². The molecule has 1 aliphatic rings. The molecule has 0 spiro atoms. The minimum atomic E-state index is -0.190. The molecule has 0 saturated carbocycles. The maximum atomic E-state index is 11.5. The third-order valence-corrected chi connectivity index (χ3v) is 3.07. The number of hydrogen-bond acceptors (Lipinski definition) is 3. The van der Waals surface area contributed by atoms with Crippen LogP contribution < -0.4 is 9.47 Å². The van der Waals surface area contributed by atoms with Crippen LogP contribution in [0.3, 0.4) is 0 Å². The molecule has 1 heterocycles. The molecule has 0 fully saturated rings. The molecular formula is C13H15O3S+. The molecule has 3 nitrogen and oxygen atoms in total. The molecule has 1 aliphatic heterocycles. The summed E-state index contributed by atoms with van der Waals surface area (Å²) in [6.07, 6.45) is 7.98. The van der Waals surface area contributed by atoms with Crippen LogP contribution in [0.5, 0.6) is 11.5 Å². The van der Waals surface area contributed by atoms with Gasteiger partial charge in [0.2, 0.25) is 5.75 Å². The van der Waals surface area contributed by atoms with E-state index < -0.39 is 0 Å². The highest BCUT2D eigenvalue weighted by atomic mass is 32.2. The lowest BCUT2D eigenvalue weighted by molar-refractivity contribution is -0.131. The normalized spacial score (nSPS) is 13.1. The van der Waals surface area contributed by atoms with Gasteiger partial charge in [0.15, 0.2) is 0 Å². The number of ether oxygens (including phenoxy) is 2. The largest absolute Gasteiger partial charge is 0.489 e. The highest BCUT2D eigenvalue weighted by Gasteiger charge is 2.15. The zero-order valence-corrected chi connectivity index (χ0v) is 10.8. The van der Waals surface area contributed by atoms with Gasteiger partial charge in [-0.25, -0.2) is 4.79 Å². The zero-order chi connectivity index (χ0) is 12.3. The van der Waals surface area contributed by atoms with E-state index in [2.05, 4.69) is 0 Å². The van der Waals surface area contributed by atoms with Crippen LogP contribution in [0.2, 0.25) is 0 Å². The highest BCUT2D eigenvalue weighted by Crippen LogP contribution is 2.28.